The molecule has 2 aromatic rings. The Balaban J connectivity index is 2.12. The maximum atomic E-state index is 13.1. The van der Waals surface area contributed by atoms with E-state index in [0.717, 1.165) is 6.42 Å². The smallest absolute Gasteiger partial charge is 0.295 e. The van der Waals surface area contributed by atoms with E-state index in [0.29, 0.717) is 48.8 Å². The maximum Gasteiger partial charge on any atom is 0.295 e. The number of hydrogen-bond donors (Lipinski definition) is 1. The summed E-state index contributed by atoms with van der Waals surface area (Å²) in [5, 5.41) is 11.2. The first-order chi connectivity index (χ1) is 15.5. The fraction of sp³-hybridized carbons (Fsp3) is 0.360. The third-order valence-electron chi connectivity index (χ3n) is 5.30. The van der Waals surface area contributed by atoms with E-state index in [1.807, 2.05) is 19.1 Å². The van der Waals surface area contributed by atoms with Crippen LogP contribution in [0.4, 0.5) is 0 Å². The van der Waals surface area contributed by atoms with Crippen molar-refractivity contribution in [2.75, 3.05) is 34.0 Å². The number of para-hydroxylation sites is 1. The number of hydrogen-bond acceptors (Lipinski definition) is 6. The number of aliphatic hydroxyl groups excluding tert-OH is 1. The third kappa shape index (κ3) is 4.78. The number of rotatable bonds is 10. The van der Waals surface area contributed by atoms with Crippen LogP contribution in [-0.2, 0) is 14.3 Å². The molecule has 1 amide bonds. The zero-order chi connectivity index (χ0) is 23.1. The summed E-state index contributed by atoms with van der Waals surface area (Å²) < 4.78 is 16.3. The topological polar surface area (TPSA) is 85.3 Å². The molecule has 2 aromatic carbocycles. The van der Waals surface area contributed by atoms with Crippen LogP contribution in [0.25, 0.3) is 5.76 Å². The number of carbonyl (C=O) groups excluding carboxylic acids is 2. The van der Waals surface area contributed by atoms with Gasteiger partial charge in [0.1, 0.15) is 17.3 Å². The van der Waals surface area contributed by atoms with E-state index in [1.54, 1.807) is 43.5 Å². The van der Waals surface area contributed by atoms with Gasteiger partial charge in [-0.25, -0.2) is 0 Å². The Hall–Kier alpha value is -3.32. The van der Waals surface area contributed by atoms with E-state index < -0.39 is 17.7 Å². The highest BCUT2D eigenvalue weighted by atomic mass is 16.5. The minimum Gasteiger partial charge on any atom is -0.507 e. The zero-order valence-corrected chi connectivity index (χ0v) is 18.7. The highest BCUT2D eigenvalue weighted by Crippen LogP contribution is 2.42. The van der Waals surface area contributed by atoms with Crippen LogP contribution in [0.5, 0.6) is 11.5 Å². The quantitative estimate of drug-likeness (QED) is 0.261. The highest BCUT2D eigenvalue weighted by Gasteiger charge is 2.46. The number of methoxy groups -OCH3 is 2. The molecule has 7 nitrogen and oxygen atoms in total. The van der Waals surface area contributed by atoms with Crippen molar-refractivity contribution in [2.45, 2.75) is 25.8 Å². The number of ether oxygens (including phenoxy) is 3. The van der Waals surface area contributed by atoms with Crippen LogP contribution in [0.15, 0.2) is 54.1 Å². The molecule has 1 unspecified atom stereocenters. The average molecular weight is 440 g/mol. The van der Waals surface area contributed by atoms with Crippen LogP contribution in [0.2, 0.25) is 0 Å². The molecule has 1 atom stereocenters. The van der Waals surface area contributed by atoms with Gasteiger partial charge < -0.3 is 24.2 Å². The Morgan fingerprint density at radius 2 is 1.84 bits per heavy atom. The monoisotopic (exact) mass is 439 g/mol. The number of Topliss-reactive ketones (excluding diaryl/α,β-unsaturated/α-hetero) is 1. The number of carbonyl (C=O) groups is 2. The molecule has 1 heterocycles. The summed E-state index contributed by atoms with van der Waals surface area (Å²) in [6.45, 7) is 3.29. The molecule has 0 bridgehead atoms. The lowest BCUT2D eigenvalue weighted by molar-refractivity contribution is -0.140. The minimum absolute atomic E-state index is 0.0320. The molecule has 1 N–H and O–H groups in total. The first-order valence-electron chi connectivity index (χ1n) is 10.7. The number of ketones is 1. The van der Waals surface area contributed by atoms with Gasteiger partial charge in [0.2, 0.25) is 0 Å². The van der Waals surface area contributed by atoms with Gasteiger partial charge in [-0.15, -0.1) is 0 Å². The predicted molar refractivity (Wildman–Crippen MR) is 121 cm³/mol. The lowest BCUT2D eigenvalue weighted by Crippen LogP contribution is -2.31. The number of benzene rings is 2. The van der Waals surface area contributed by atoms with Crippen LogP contribution in [0, 0.1) is 0 Å². The summed E-state index contributed by atoms with van der Waals surface area (Å²) in [6, 6.07) is 13.3. The standard InChI is InChI=1S/C25H29NO6/c1-4-14-32-18-10-7-9-17(16-18)23(27)21-22(19-11-5-6-12-20(19)31-3)26(13-8-15-30-2)25(29)24(21)28/h5-7,9-12,16,22,27H,4,8,13-15H2,1-3H3/b23-21-. The highest BCUT2D eigenvalue weighted by molar-refractivity contribution is 6.46. The molecule has 1 fully saturated rings. The van der Waals surface area contributed by atoms with Crippen LogP contribution >= 0.6 is 0 Å². The maximum absolute atomic E-state index is 13.1. The normalized spacial score (nSPS) is 17.6. The Labute approximate surface area is 188 Å². The molecule has 0 radical (unpaired) electrons. The first-order valence-corrected chi connectivity index (χ1v) is 10.7. The second kappa shape index (κ2) is 10.8. The van der Waals surface area contributed by atoms with Crippen molar-refractivity contribution >= 4 is 17.4 Å². The molecule has 170 valence electrons. The zero-order valence-electron chi connectivity index (χ0n) is 18.7. The summed E-state index contributed by atoms with van der Waals surface area (Å²) in [6.07, 6.45) is 1.39. The molecule has 0 spiro atoms. The van der Waals surface area contributed by atoms with Crippen molar-refractivity contribution in [1.82, 2.24) is 4.90 Å². The number of likely N-dealkylation sites (tertiary alicyclic amines) is 1. The molecule has 0 aliphatic carbocycles. The van der Waals surface area contributed by atoms with Crippen molar-refractivity contribution in [3.63, 3.8) is 0 Å². The van der Waals surface area contributed by atoms with Gasteiger partial charge in [-0.3, -0.25) is 9.59 Å². The van der Waals surface area contributed by atoms with Crippen LogP contribution < -0.4 is 9.47 Å². The molecule has 3 rings (SSSR count). The minimum atomic E-state index is -0.775. The summed E-state index contributed by atoms with van der Waals surface area (Å²) in [5.74, 6) is -0.510. The van der Waals surface area contributed by atoms with Gasteiger partial charge in [-0.2, -0.15) is 0 Å². The van der Waals surface area contributed by atoms with Crippen molar-refractivity contribution in [3.8, 4) is 11.5 Å². The third-order valence-corrected chi connectivity index (χ3v) is 5.30. The Bertz CT molecular complexity index is 999. The van der Waals surface area contributed by atoms with Gasteiger partial charge in [0.05, 0.1) is 25.3 Å². The molecule has 0 aromatic heterocycles. The second-order valence-electron chi connectivity index (χ2n) is 7.46. The Kier molecular flexibility index (Phi) is 7.89. The van der Waals surface area contributed by atoms with Gasteiger partial charge in [-0.1, -0.05) is 37.3 Å². The van der Waals surface area contributed by atoms with Crippen LogP contribution in [-0.4, -0.2) is 55.7 Å². The van der Waals surface area contributed by atoms with Gasteiger partial charge >= 0.3 is 0 Å². The predicted octanol–water partition coefficient (Wildman–Crippen LogP) is 3.94. The molecule has 1 saturated heterocycles. The molecular formula is C25H29NO6. The number of amides is 1. The second-order valence-corrected chi connectivity index (χ2v) is 7.46. The van der Waals surface area contributed by atoms with Crippen molar-refractivity contribution in [3.05, 3.63) is 65.2 Å². The fourth-order valence-electron chi connectivity index (χ4n) is 3.81. The fourth-order valence-corrected chi connectivity index (χ4v) is 3.81. The molecule has 1 aliphatic rings. The first kappa shape index (κ1) is 23.3. The number of nitrogens with zero attached hydrogens (tertiary/aromatic N) is 1. The van der Waals surface area contributed by atoms with E-state index in [2.05, 4.69) is 0 Å². The van der Waals surface area contributed by atoms with Crippen molar-refractivity contribution in [1.29, 1.82) is 0 Å². The van der Waals surface area contributed by atoms with Crippen LogP contribution in [0.3, 0.4) is 0 Å². The Morgan fingerprint density at radius 1 is 1.06 bits per heavy atom. The largest absolute Gasteiger partial charge is 0.507 e. The molecule has 7 heteroatoms. The van der Waals surface area contributed by atoms with Gasteiger partial charge in [0.15, 0.2) is 0 Å². The summed E-state index contributed by atoms with van der Waals surface area (Å²) in [5.41, 5.74) is 1.07. The van der Waals surface area contributed by atoms with E-state index >= 15 is 0 Å². The SMILES string of the molecule is CCCOc1cccc(/C(O)=C2/C(=O)C(=O)N(CCCOC)C2c2ccccc2OC)c1. The summed E-state index contributed by atoms with van der Waals surface area (Å²) in [7, 11) is 3.11. The molecular weight excluding hydrogens is 410 g/mol. The molecule has 1 aliphatic heterocycles. The van der Waals surface area contributed by atoms with E-state index in [-0.39, 0.29) is 11.3 Å². The Morgan fingerprint density at radius 3 is 2.56 bits per heavy atom. The van der Waals surface area contributed by atoms with Crippen LogP contribution in [0.1, 0.15) is 36.9 Å². The lowest BCUT2D eigenvalue weighted by Gasteiger charge is -2.26. The van der Waals surface area contributed by atoms with Crippen molar-refractivity contribution in [2.24, 2.45) is 0 Å². The van der Waals surface area contributed by atoms with E-state index in [9.17, 15) is 14.7 Å². The van der Waals surface area contributed by atoms with Gasteiger partial charge in [0.25, 0.3) is 11.7 Å². The summed E-state index contributed by atoms with van der Waals surface area (Å²) >= 11 is 0. The van der Waals surface area contributed by atoms with Crippen molar-refractivity contribution < 1.29 is 28.9 Å². The lowest BCUT2D eigenvalue weighted by atomic mass is 9.94. The van der Waals surface area contributed by atoms with Gasteiger partial charge in [0, 0.05) is 31.4 Å². The molecule has 32 heavy (non-hydrogen) atoms. The van der Waals surface area contributed by atoms with E-state index in [1.165, 1.54) is 12.0 Å². The van der Waals surface area contributed by atoms with E-state index in [4.69, 9.17) is 14.2 Å². The average Bonchev–Trinajstić information content (AvgIpc) is 3.07. The summed E-state index contributed by atoms with van der Waals surface area (Å²) in [4.78, 5) is 27.5. The molecule has 0 saturated carbocycles. The van der Waals surface area contributed by atoms with Gasteiger partial charge in [-0.05, 0) is 31.0 Å². The number of aliphatic hydroxyl groups is 1.